The van der Waals surface area contributed by atoms with Crippen molar-refractivity contribution in [3.8, 4) is 0 Å². The lowest BCUT2D eigenvalue weighted by atomic mass is 10.0. The van der Waals surface area contributed by atoms with Gasteiger partial charge in [0.05, 0.1) is 5.56 Å². The fourth-order valence-corrected chi connectivity index (χ4v) is 1.31. The van der Waals surface area contributed by atoms with Crippen LogP contribution in [0, 0.1) is 0 Å². The third-order valence-corrected chi connectivity index (χ3v) is 2.02. The summed E-state index contributed by atoms with van der Waals surface area (Å²) in [6.45, 7) is 1.65. The van der Waals surface area contributed by atoms with Gasteiger partial charge in [0.25, 0.3) is 0 Å². The van der Waals surface area contributed by atoms with Crippen molar-refractivity contribution in [3.63, 3.8) is 0 Å². The molecule has 1 N–H and O–H groups in total. The van der Waals surface area contributed by atoms with Crippen LogP contribution in [0.3, 0.4) is 0 Å². The van der Waals surface area contributed by atoms with E-state index >= 15 is 0 Å². The van der Waals surface area contributed by atoms with Crippen LogP contribution < -0.4 is 5.32 Å². The van der Waals surface area contributed by atoms with E-state index in [-0.39, 0.29) is 11.3 Å². The van der Waals surface area contributed by atoms with Crippen LogP contribution in [0.5, 0.6) is 0 Å². The number of carbonyl (C=O) groups excluding carboxylic acids is 1. The van der Waals surface area contributed by atoms with Crippen molar-refractivity contribution in [1.29, 1.82) is 0 Å². The minimum atomic E-state index is -4.38. The highest BCUT2D eigenvalue weighted by molar-refractivity contribution is 5.71. The van der Waals surface area contributed by atoms with Gasteiger partial charge in [-0.3, -0.25) is 4.79 Å². The summed E-state index contributed by atoms with van der Waals surface area (Å²) in [5.74, 6) is 0. The Hall–Kier alpha value is -1.52. The average molecular weight is 217 g/mol. The second-order valence-electron chi connectivity index (χ2n) is 2.99. The smallest absolute Gasteiger partial charge is 0.329 e. The van der Waals surface area contributed by atoms with Gasteiger partial charge in [0.2, 0.25) is 6.41 Å². The summed E-state index contributed by atoms with van der Waals surface area (Å²) in [5, 5.41) is 2.19. The van der Waals surface area contributed by atoms with Gasteiger partial charge in [-0.25, -0.2) is 0 Å². The van der Waals surface area contributed by atoms with Crippen molar-refractivity contribution >= 4 is 12.1 Å². The highest BCUT2D eigenvalue weighted by Crippen LogP contribution is 2.33. The van der Waals surface area contributed by atoms with Crippen LogP contribution in [0.15, 0.2) is 18.2 Å². The lowest BCUT2D eigenvalue weighted by Crippen LogP contribution is -2.09. The molecule has 0 unspecified atom stereocenters. The zero-order valence-corrected chi connectivity index (χ0v) is 8.06. The highest BCUT2D eigenvalue weighted by Gasteiger charge is 2.32. The van der Waals surface area contributed by atoms with Crippen molar-refractivity contribution in [3.05, 3.63) is 29.3 Å². The first-order valence-corrected chi connectivity index (χ1v) is 4.39. The Bertz CT molecular complexity index is 360. The molecule has 15 heavy (non-hydrogen) atoms. The molecular formula is C10H10F3NO. The minimum absolute atomic E-state index is 0.148. The number of hydrogen-bond donors (Lipinski definition) is 1. The van der Waals surface area contributed by atoms with Crippen molar-refractivity contribution in [2.45, 2.75) is 19.5 Å². The number of anilines is 1. The molecule has 1 amide bonds. The fraction of sp³-hybridized carbons (Fsp3) is 0.300. The number of amides is 1. The number of benzene rings is 1. The molecule has 0 spiro atoms. The molecule has 82 valence electrons. The van der Waals surface area contributed by atoms with E-state index < -0.39 is 11.7 Å². The van der Waals surface area contributed by atoms with Crippen LogP contribution in [0.2, 0.25) is 0 Å². The van der Waals surface area contributed by atoms with Gasteiger partial charge in [0.1, 0.15) is 0 Å². The number of aryl methyl sites for hydroxylation is 1. The maximum absolute atomic E-state index is 12.5. The Morgan fingerprint density at radius 3 is 2.53 bits per heavy atom. The first-order chi connectivity index (χ1) is 6.99. The Kier molecular flexibility index (Phi) is 3.34. The number of halogens is 3. The van der Waals surface area contributed by atoms with Gasteiger partial charge in [-0.1, -0.05) is 13.0 Å². The van der Waals surface area contributed by atoms with Gasteiger partial charge < -0.3 is 5.32 Å². The lowest BCUT2D eigenvalue weighted by Gasteiger charge is -2.12. The van der Waals surface area contributed by atoms with Crippen LogP contribution in [0.1, 0.15) is 18.1 Å². The molecule has 0 aromatic heterocycles. The first-order valence-electron chi connectivity index (χ1n) is 4.39. The monoisotopic (exact) mass is 217 g/mol. The summed E-state index contributed by atoms with van der Waals surface area (Å²) in [4.78, 5) is 10.1. The molecule has 1 rings (SSSR count). The van der Waals surface area contributed by atoms with Crippen LogP contribution in [0.25, 0.3) is 0 Å². The molecule has 0 bridgehead atoms. The molecule has 0 aliphatic carbocycles. The Labute approximate surface area is 85.1 Å². The van der Waals surface area contributed by atoms with E-state index in [1.807, 2.05) is 0 Å². The molecule has 0 atom stereocenters. The Balaban J connectivity index is 3.19. The highest BCUT2D eigenvalue weighted by atomic mass is 19.4. The molecule has 0 radical (unpaired) electrons. The molecule has 0 saturated heterocycles. The molecule has 0 fully saturated rings. The van der Waals surface area contributed by atoms with Crippen molar-refractivity contribution in [2.24, 2.45) is 0 Å². The normalized spacial score (nSPS) is 11.2. The third-order valence-electron chi connectivity index (χ3n) is 2.02. The average Bonchev–Trinajstić information content (AvgIpc) is 2.17. The maximum Gasteiger partial charge on any atom is 0.416 e. The minimum Gasteiger partial charge on any atom is -0.329 e. The largest absolute Gasteiger partial charge is 0.416 e. The molecular weight excluding hydrogens is 207 g/mol. The fourth-order valence-electron chi connectivity index (χ4n) is 1.31. The molecule has 1 aromatic carbocycles. The van der Waals surface area contributed by atoms with Gasteiger partial charge in [-0.2, -0.15) is 13.2 Å². The first kappa shape index (κ1) is 11.6. The maximum atomic E-state index is 12.5. The zero-order valence-electron chi connectivity index (χ0n) is 8.06. The van der Waals surface area contributed by atoms with Crippen molar-refractivity contribution in [1.82, 2.24) is 0 Å². The Morgan fingerprint density at radius 1 is 1.40 bits per heavy atom. The SMILES string of the molecule is CCc1ccc(NC=O)cc1C(F)(F)F. The summed E-state index contributed by atoms with van der Waals surface area (Å²) in [6, 6.07) is 3.75. The van der Waals surface area contributed by atoms with Crippen LogP contribution in [0.4, 0.5) is 18.9 Å². The predicted molar refractivity (Wildman–Crippen MR) is 50.5 cm³/mol. The van der Waals surface area contributed by atoms with Gasteiger partial charge in [-0.15, -0.1) is 0 Å². The summed E-state index contributed by atoms with van der Waals surface area (Å²) >= 11 is 0. The van der Waals surface area contributed by atoms with Gasteiger partial charge in [0.15, 0.2) is 0 Å². The van der Waals surface area contributed by atoms with Crippen molar-refractivity contribution in [2.75, 3.05) is 5.32 Å². The standard InChI is InChI=1S/C10H10F3NO/c1-2-7-3-4-8(14-6-15)5-9(7)10(11,12)13/h3-6H,2H2,1H3,(H,14,15). The van der Waals surface area contributed by atoms with Crippen molar-refractivity contribution < 1.29 is 18.0 Å². The molecule has 0 heterocycles. The predicted octanol–water partition coefficient (Wildman–Crippen LogP) is 2.84. The zero-order chi connectivity index (χ0) is 11.5. The van der Waals surface area contributed by atoms with E-state index in [1.54, 1.807) is 6.92 Å². The number of hydrogen-bond acceptors (Lipinski definition) is 1. The van der Waals surface area contributed by atoms with Crippen LogP contribution >= 0.6 is 0 Å². The number of alkyl halides is 3. The molecule has 2 nitrogen and oxygen atoms in total. The van der Waals surface area contributed by atoms with E-state index in [2.05, 4.69) is 5.32 Å². The molecule has 0 saturated carbocycles. The number of carbonyl (C=O) groups is 1. The molecule has 0 aliphatic rings. The summed E-state index contributed by atoms with van der Waals surface area (Å²) in [5.41, 5.74) is -0.328. The van der Waals surface area contributed by atoms with Crippen LogP contribution in [-0.2, 0) is 17.4 Å². The second kappa shape index (κ2) is 4.33. The van der Waals surface area contributed by atoms with E-state index in [1.165, 1.54) is 12.1 Å². The van der Waals surface area contributed by atoms with E-state index in [4.69, 9.17) is 0 Å². The van der Waals surface area contributed by atoms with Gasteiger partial charge in [-0.05, 0) is 24.1 Å². The summed E-state index contributed by atoms with van der Waals surface area (Å²) < 4.78 is 37.6. The number of rotatable bonds is 3. The molecule has 1 aromatic rings. The van der Waals surface area contributed by atoms with E-state index in [0.29, 0.717) is 12.8 Å². The molecule has 0 aliphatic heterocycles. The summed E-state index contributed by atoms with van der Waals surface area (Å²) in [7, 11) is 0. The lowest BCUT2D eigenvalue weighted by molar-refractivity contribution is -0.138. The summed E-state index contributed by atoms with van der Waals surface area (Å²) in [6.07, 6.45) is -3.73. The number of nitrogens with one attached hydrogen (secondary N) is 1. The van der Waals surface area contributed by atoms with Gasteiger partial charge >= 0.3 is 6.18 Å². The second-order valence-corrected chi connectivity index (χ2v) is 2.99. The Morgan fingerprint density at radius 2 is 2.07 bits per heavy atom. The quantitative estimate of drug-likeness (QED) is 0.775. The van der Waals surface area contributed by atoms with Gasteiger partial charge in [0, 0.05) is 5.69 Å². The van der Waals surface area contributed by atoms with Crippen LogP contribution in [-0.4, -0.2) is 6.41 Å². The van der Waals surface area contributed by atoms with E-state index in [9.17, 15) is 18.0 Å². The topological polar surface area (TPSA) is 29.1 Å². The van der Waals surface area contributed by atoms with E-state index in [0.717, 1.165) is 6.07 Å². The molecule has 5 heteroatoms. The third kappa shape index (κ3) is 2.71.